The molecule has 0 aliphatic carbocycles. The zero-order valence-corrected chi connectivity index (χ0v) is 10.8. The predicted molar refractivity (Wildman–Crippen MR) is 65.4 cm³/mol. The number of carboxylic acid groups (broad SMARTS) is 1. The third-order valence-electron chi connectivity index (χ3n) is 2.03. The van der Waals surface area contributed by atoms with Gasteiger partial charge < -0.3 is 5.11 Å². The fourth-order valence-corrected chi connectivity index (χ4v) is 2.01. The summed E-state index contributed by atoms with van der Waals surface area (Å²) in [6, 6.07) is 4.99. The average molecular weight is 317 g/mol. The van der Waals surface area contributed by atoms with E-state index in [9.17, 15) is 4.79 Å². The summed E-state index contributed by atoms with van der Waals surface area (Å²) in [6.45, 7) is 0. The Labute approximate surface area is 110 Å². The predicted octanol–water partition coefficient (Wildman–Crippen LogP) is 2.31. The van der Waals surface area contributed by atoms with Crippen LogP contribution in [0.5, 0.6) is 0 Å². The van der Waals surface area contributed by atoms with Gasteiger partial charge in [-0.15, -0.1) is 0 Å². The summed E-state index contributed by atoms with van der Waals surface area (Å²) in [5.74, 6) is -0.526. The monoisotopic (exact) mass is 315 g/mol. The molecule has 1 N–H and O–H groups in total. The summed E-state index contributed by atoms with van der Waals surface area (Å²) in [5, 5.41) is 13.3. The van der Waals surface area contributed by atoms with Gasteiger partial charge in [-0.3, -0.25) is 4.79 Å². The second kappa shape index (κ2) is 4.85. The van der Waals surface area contributed by atoms with E-state index in [1.54, 1.807) is 24.4 Å². The van der Waals surface area contributed by atoms with E-state index in [1.807, 2.05) is 0 Å². The van der Waals surface area contributed by atoms with E-state index >= 15 is 0 Å². The van der Waals surface area contributed by atoms with Crippen LogP contribution in [0.1, 0.15) is 5.69 Å². The molecule has 0 aromatic carbocycles. The molecule has 17 heavy (non-hydrogen) atoms. The minimum Gasteiger partial charge on any atom is -0.481 e. The van der Waals surface area contributed by atoms with Crippen molar-refractivity contribution in [1.82, 2.24) is 14.8 Å². The van der Waals surface area contributed by atoms with Gasteiger partial charge in [-0.05, 0) is 34.1 Å². The molecule has 2 aromatic rings. The Morgan fingerprint density at radius 3 is 3.00 bits per heavy atom. The Hall–Kier alpha value is -1.40. The molecule has 0 saturated carbocycles. The molecule has 2 aromatic heterocycles. The Bertz CT molecular complexity index is 570. The van der Waals surface area contributed by atoms with Gasteiger partial charge in [0, 0.05) is 6.20 Å². The first-order chi connectivity index (χ1) is 8.08. The number of halogens is 2. The van der Waals surface area contributed by atoms with Gasteiger partial charge in [-0.25, -0.2) is 9.67 Å². The lowest BCUT2D eigenvalue weighted by Gasteiger charge is -2.05. The van der Waals surface area contributed by atoms with Gasteiger partial charge in [0.25, 0.3) is 0 Å². The molecule has 0 amide bonds. The van der Waals surface area contributed by atoms with Gasteiger partial charge in [-0.2, -0.15) is 5.10 Å². The van der Waals surface area contributed by atoms with Crippen LogP contribution in [0.2, 0.25) is 5.02 Å². The first-order valence-electron chi connectivity index (χ1n) is 4.65. The largest absolute Gasteiger partial charge is 0.481 e. The molecule has 0 radical (unpaired) electrons. The van der Waals surface area contributed by atoms with Crippen LogP contribution in [0.3, 0.4) is 0 Å². The second-order valence-corrected chi connectivity index (χ2v) is 4.47. The number of aliphatic carboxylic acids is 1. The molecule has 0 spiro atoms. The first kappa shape index (κ1) is 12.1. The SMILES string of the molecule is O=C(O)Cc1cc(Br)nn1-c1ncccc1Cl. The normalized spacial score (nSPS) is 10.5. The summed E-state index contributed by atoms with van der Waals surface area (Å²) in [4.78, 5) is 14.8. The van der Waals surface area contributed by atoms with Crippen molar-refractivity contribution in [2.45, 2.75) is 6.42 Å². The van der Waals surface area contributed by atoms with Crippen LogP contribution in [-0.2, 0) is 11.2 Å². The number of nitrogens with zero attached hydrogens (tertiary/aromatic N) is 3. The molecule has 0 aliphatic heterocycles. The number of aromatic nitrogens is 3. The van der Waals surface area contributed by atoms with Crippen LogP contribution in [-0.4, -0.2) is 25.8 Å². The summed E-state index contributed by atoms with van der Waals surface area (Å²) in [5.41, 5.74) is 0.505. The number of carbonyl (C=O) groups is 1. The molecule has 2 rings (SSSR count). The summed E-state index contributed by atoms with van der Waals surface area (Å²) in [7, 11) is 0. The smallest absolute Gasteiger partial charge is 0.309 e. The maximum Gasteiger partial charge on any atom is 0.309 e. The lowest BCUT2D eigenvalue weighted by atomic mass is 10.3. The second-order valence-electron chi connectivity index (χ2n) is 3.25. The summed E-state index contributed by atoms with van der Waals surface area (Å²) in [6.07, 6.45) is 1.42. The molecule has 2 heterocycles. The molecule has 0 saturated heterocycles. The van der Waals surface area contributed by atoms with Gasteiger partial charge in [0.05, 0.1) is 17.1 Å². The molecule has 88 valence electrons. The van der Waals surface area contributed by atoms with Gasteiger partial charge >= 0.3 is 5.97 Å². The molecule has 0 unspecified atom stereocenters. The van der Waals surface area contributed by atoms with Gasteiger partial charge in [0.15, 0.2) is 5.82 Å². The van der Waals surface area contributed by atoms with Crippen LogP contribution in [0, 0.1) is 0 Å². The average Bonchev–Trinajstić information content (AvgIpc) is 2.59. The van der Waals surface area contributed by atoms with Crippen molar-refractivity contribution in [2.75, 3.05) is 0 Å². The molecule has 0 fully saturated rings. The van der Waals surface area contributed by atoms with Crippen molar-refractivity contribution in [2.24, 2.45) is 0 Å². The van der Waals surface area contributed by atoms with E-state index in [2.05, 4.69) is 26.0 Å². The highest BCUT2D eigenvalue weighted by Gasteiger charge is 2.14. The Balaban J connectivity index is 2.51. The van der Waals surface area contributed by atoms with Crippen molar-refractivity contribution in [3.8, 4) is 5.82 Å². The lowest BCUT2D eigenvalue weighted by Crippen LogP contribution is -2.09. The zero-order chi connectivity index (χ0) is 12.4. The molecular weight excluding hydrogens is 309 g/mol. The van der Waals surface area contributed by atoms with Crippen molar-refractivity contribution in [3.05, 3.63) is 39.7 Å². The van der Waals surface area contributed by atoms with Crippen molar-refractivity contribution >= 4 is 33.5 Å². The standard InChI is InChI=1S/C10H7BrClN3O2/c11-8-4-6(5-9(16)17)15(14-8)10-7(12)2-1-3-13-10/h1-4H,5H2,(H,16,17). The first-order valence-corrected chi connectivity index (χ1v) is 5.82. The highest BCUT2D eigenvalue weighted by molar-refractivity contribution is 9.10. The molecule has 0 aliphatic rings. The molecule has 0 bridgehead atoms. The molecule has 5 nitrogen and oxygen atoms in total. The van der Waals surface area contributed by atoms with Gasteiger partial charge in [0.1, 0.15) is 4.60 Å². The Morgan fingerprint density at radius 2 is 2.35 bits per heavy atom. The van der Waals surface area contributed by atoms with Gasteiger partial charge in [0.2, 0.25) is 0 Å². The van der Waals surface area contributed by atoms with E-state index in [1.165, 1.54) is 4.68 Å². The number of carboxylic acids is 1. The maximum absolute atomic E-state index is 10.7. The van der Waals surface area contributed by atoms with Crippen molar-refractivity contribution < 1.29 is 9.90 Å². The minimum absolute atomic E-state index is 0.147. The summed E-state index contributed by atoms with van der Waals surface area (Å²) < 4.78 is 1.95. The van der Waals surface area contributed by atoms with Crippen molar-refractivity contribution in [1.29, 1.82) is 0 Å². The van der Waals surface area contributed by atoms with E-state index in [-0.39, 0.29) is 6.42 Å². The van der Waals surface area contributed by atoms with Crippen molar-refractivity contribution in [3.63, 3.8) is 0 Å². The van der Waals surface area contributed by atoms with Gasteiger partial charge in [-0.1, -0.05) is 11.6 Å². The molecule has 0 atom stereocenters. The number of hydrogen-bond donors (Lipinski definition) is 1. The highest BCUT2D eigenvalue weighted by Crippen LogP contribution is 2.21. The minimum atomic E-state index is -0.939. The lowest BCUT2D eigenvalue weighted by molar-refractivity contribution is -0.136. The third kappa shape index (κ3) is 2.65. The van der Waals surface area contributed by atoms with Crippen LogP contribution in [0.25, 0.3) is 5.82 Å². The number of rotatable bonds is 3. The van der Waals surface area contributed by atoms with Crippen LogP contribution in [0.15, 0.2) is 29.0 Å². The van der Waals surface area contributed by atoms with Crippen LogP contribution >= 0.6 is 27.5 Å². The Kier molecular flexibility index (Phi) is 3.44. The maximum atomic E-state index is 10.7. The molecule has 7 heteroatoms. The topological polar surface area (TPSA) is 68.0 Å². The van der Waals surface area contributed by atoms with E-state index in [4.69, 9.17) is 16.7 Å². The fraction of sp³-hybridized carbons (Fsp3) is 0.100. The number of hydrogen-bond acceptors (Lipinski definition) is 3. The summed E-state index contributed by atoms with van der Waals surface area (Å²) >= 11 is 9.19. The quantitative estimate of drug-likeness (QED) is 0.943. The zero-order valence-electron chi connectivity index (χ0n) is 8.47. The van der Waals surface area contributed by atoms with E-state index < -0.39 is 5.97 Å². The fourth-order valence-electron chi connectivity index (χ4n) is 1.38. The highest BCUT2D eigenvalue weighted by atomic mass is 79.9. The van der Waals surface area contributed by atoms with Crippen LogP contribution in [0.4, 0.5) is 0 Å². The Morgan fingerprint density at radius 1 is 1.59 bits per heavy atom. The third-order valence-corrected chi connectivity index (χ3v) is 2.71. The molecular formula is C10H7BrClN3O2. The van der Waals surface area contributed by atoms with E-state index in [0.717, 1.165) is 0 Å². The van der Waals surface area contributed by atoms with Crippen LogP contribution < -0.4 is 0 Å². The number of pyridine rings is 1. The van der Waals surface area contributed by atoms with E-state index in [0.29, 0.717) is 21.1 Å².